The normalized spacial score (nSPS) is 14.9. The molecule has 9 nitrogen and oxygen atoms in total. The van der Waals surface area contributed by atoms with Crippen molar-refractivity contribution in [2.75, 3.05) is 34.0 Å². The number of allylic oxidation sites excluding steroid dienone is 1. The number of thiazole rings is 1. The van der Waals surface area contributed by atoms with Gasteiger partial charge in [0.1, 0.15) is 11.5 Å². The summed E-state index contributed by atoms with van der Waals surface area (Å²) in [5.41, 5.74) is 1.88. The molecule has 1 aliphatic heterocycles. The van der Waals surface area contributed by atoms with Crippen molar-refractivity contribution >= 4 is 23.4 Å². The third-order valence-electron chi connectivity index (χ3n) is 6.13. The number of hydrogen-bond acceptors (Lipinski definition) is 9. The smallest absolute Gasteiger partial charge is 0.338 e. The Hall–Kier alpha value is -4.05. The van der Waals surface area contributed by atoms with Crippen LogP contribution in [-0.4, -0.2) is 44.6 Å². The van der Waals surface area contributed by atoms with Crippen LogP contribution < -0.4 is 33.8 Å². The number of hydrogen-bond donors (Lipinski definition) is 0. The Labute approximate surface area is 230 Å². The highest BCUT2D eigenvalue weighted by Gasteiger charge is 2.34. The van der Waals surface area contributed by atoms with Crippen molar-refractivity contribution in [3.05, 3.63) is 78.5 Å². The molecule has 0 radical (unpaired) electrons. The average molecular weight is 553 g/mol. The highest BCUT2D eigenvalue weighted by Crippen LogP contribution is 2.36. The van der Waals surface area contributed by atoms with E-state index in [1.54, 1.807) is 58.4 Å². The molecule has 2 heterocycles. The zero-order chi connectivity index (χ0) is 28.1. The molecule has 0 unspecified atom stereocenters. The van der Waals surface area contributed by atoms with E-state index in [9.17, 15) is 9.59 Å². The summed E-state index contributed by atoms with van der Waals surface area (Å²) in [6.07, 6.45) is 1.76. The predicted octanol–water partition coefficient (Wildman–Crippen LogP) is 3.61. The molecule has 0 saturated heterocycles. The summed E-state index contributed by atoms with van der Waals surface area (Å²) in [4.78, 5) is 32.2. The van der Waals surface area contributed by atoms with E-state index in [-0.39, 0.29) is 12.2 Å². The number of fused-ring (bicyclic) bond motifs is 1. The summed E-state index contributed by atoms with van der Waals surface area (Å²) in [5, 5.41) is 0. The Bertz CT molecular complexity index is 1590. The van der Waals surface area contributed by atoms with Crippen LogP contribution in [0.3, 0.4) is 0 Å². The summed E-state index contributed by atoms with van der Waals surface area (Å²) in [6, 6.07) is 10.0. The van der Waals surface area contributed by atoms with Gasteiger partial charge < -0.3 is 23.7 Å². The minimum absolute atomic E-state index is 0.192. The maximum Gasteiger partial charge on any atom is 0.338 e. The van der Waals surface area contributed by atoms with E-state index in [0.717, 1.165) is 0 Å². The molecule has 2 aromatic carbocycles. The van der Waals surface area contributed by atoms with Gasteiger partial charge in [-0.15, -0.1) is 0 Å². The molecule has 0 saturated carbocycles. The zero-order valence-corrected chi connectivity index (χ0v) is 23.7. The summed E-state index contributed by atoms with van der Waals surface area (Å²) >= 11 is 1.24. The lowest BCUT2D eigenvalue weighted by Gasteiger charge is -2.25. The second-order valence-corrected chi connectivity index (χ2v) is 9.49. The third-order valence-corrected chi connectivity index (χ3v) is 7.11. The Morgan fingerprint density at radius 2 is 1.72 bits per heavy atom. The van der Waals surface area contributed by atoms with Crippen LogP contribution in [0.15, 0.2) is 57.5 Å². The van der Waals surface area contributed by atoms with Gasteiger partial charge in [-0.2, -0.15) is 0 Å². The summed E-state index contributed by atoms with van der Waals surface area (Å²) < 4.78 is 29.8. The van der Waals surface area contributed by atoms with Crippen molar-refractivity contribution in [1.82, 2.24) is 4.57 Å². The van der Waals surface area contributed by atoms with E-state index in [1.807, 2.05) is 26.0 Å². The van der Waals surface area contributed by atoms with Gasteiger partial charge in [0.05, 0.1) is 55.9 Å². The number of carbonyl (C=O) groups is 1. The van der Waals surface area contributed by atoms with Gasteiger partial charge in [-0.05, 0) is 63.6 Å². The van der Waals surface area contributed by atoms with Gasteiger partial charge in [0.15, 0.2) is 16.3 Å². The molecule has 0 fully saturated rings. The largest absolute Gasteiger partial charge is 0.497 e. The highest BCUT2D eigenvalue weighted by atomic mass is 32.1. The van der Waals surface area contributed by atoms with E-state index in [0.29, 0.717) is 67.9 Å². The van der Waals surface area contributed by atoms with E-state index >= 15 is 0 Å². The molecule has 0 amide bonds. The number of benzene rings is 2. The van der Waals surface area contributed by atoms with Gasteiger partial charge in [0, 0.05) is 11.6 Å². The van der Waals surface area contributed by atoms with Gasteiger partial charge in [0.25, 0.3) is 5.56 Å². The maximum atomic E-state index is 13.9. The van der Waals surface area contributed by atoms with Crippen LogP contribution in [0.4, 0.5) is 0 Å². The fourth-order valence-corrected chi connectivity index (χ4v) is 5.46. The van der Waals surface area contributed by atoms with Crippen molar-refractivity contribution < 1.29 is 28.5 Å². The van der Waals surface area contributed by atoms with Crippen molar-refractivity contribution in [1.29, 1.82) is 0 Å². The van der Waals surface area contributed by atoms with Crippen LogP contribution in [0.1, 0.15) is 44.9 Å². The molecule has 1 atom stereocenters. The van der Waals surface area contributed by atoms with Crippen LogP contribution in [-0.2, 0) is 9.53 Å². The maximum absolute atomic E-state index is 13.9. The van der Waals surface area contributed by atoms with Gasteiger partial charge in [-0.25, -0.2) is 9.79 Å². The molecule has 10 heteroatoms. The Kier molecular flexibility index (Phi) is 8.75. The first-order valence-electron chi connectivity index (χ1n) is 12.7. The molecule has 1 aliphatic rings. The van der Waals surface area contributed by atoms with Crippen LogP contribution >= 0.6 is 11.3 Å². The van der Waals surface area contributed by atoms with Crippen LogP contribution in [0.5, 0.6) is 23.0 Å². The second-order valence-electron chi connectivity index (χ2n) is 8.48. The molecule has 0 N–H and O–H groups in total. The lowest BCUT2D eigenvalue weighted by molar-refractivity contribution is -0.139. The minimum Gasteiger partial charge on any atom is -0.497 e. The fourth-order valence-electron chi connectivity index (χ4n) is 4.42. The van der Waals surface area contributed by atoms with Crippen molar-refractivity contribution in [2.24, 2.45) is 4.99 Å². The molecule has 0 bridgehead atoms. The molecule has 39 heavy (non-hydrogen) atoms. The first kappa shape index (κ1) is 28.0. The number of nitrogens with zero attached hydrogens (tertiary/aromatic N) is 2. The van der Waals surface area contributed by atoms with Crippen molar-refractivity contribution in [2.45, 2.75) is 33.7 Å². The molecule has 3 aromatic rings. The van der Waals surface area contributed by atoms with Gasteiger partial charge in [-0.3, -0.25) is 9.36 Å². The van der Waals surface area contributed by atoms with Crippen molar-refractivity contribution in [3.63, 3.8) is 0 Å². The monoisotopic (exact) mass is 552 g/mol. The topological polar surface area (TPSA) is 97.6 Å². The molecular weight excluding hydrogens is 520 g/mol. The van der Waals surface area contributed by atoms with Gasteiger partial charge in [0.2, 0.25) is 0 Å². The number of carbonyl (C=O) groups excluding carboxylic acids is 1. The quantitative estimate of drug-likeness (QED) is 0.355. The molecule has 0 aliphatic carbocycles. The number of esters is 1. The SMILES string of the molecule is CCOC(=O)C1=C(C)N=c2s/c(=C\c3ccc(OC)cc3OC)c(=O)n2[C@@H]1c1ccc(OCC)c(OCC)c1. The van der Waals surface area contributed by atoms with E-state index < -0.39 is 12.0 Å². The summed E-state index contributed by atoms with van der Waals surface area (Å²) in [7, 11) is 3.14. The summed E-state index contributed by atoms with van der Waals surface area (Å²) in [5.74, 6) is 1.79. The predicted molar refractivity (Wildman–Crippen MR) is 149 cm³/mol. The van der Waals surface area contributed by atoms with E-state index in [2.05, 4.69) is 4.99 Å². The van der Waals surface area contributed by atoms with Crippen LogP contribution in [0.25, 0.3) is 6.08 Å². The Morgan fingerprint density at radius 1 is 0.974 bits per heavy atom. The molecular formula is C29H32N2O7S. The van der Waals surface area contributed by atoms with Gasteiger partial charge >= 0.3 is 5.97 Å². The molecule has 4 rings (SSSR count). The molecule has 1 aromatic heterocycles. The Balaban J connectivity index is 1.95. The highest BCUT2D eigenvalue weighted by molar-refractivity contribution is 7.07. The lowest BCUT2D eigenvalue weighted by Crippen LogP contribution is -2.40. The standard InChI is InChI=1S/C29H32N2O7S/c1-7-36-21-13-11-19(14-23(21)37-8-2)26-25(28(33)38-9-3)17(4)30-29-31(26)27(32)24(39-29)15-18-10-12-20(34-5)16-22(18)35-6/h10-16,26H,7-9H2,1-6H3/b24-15-/t26-/m1/s1. The second kappa shape index (κ2) is 12.2. The lowest BCUT2D eigenvalue weighted by atomic mass is 9.95. The minimum atomic E-state index is -0.768. The fraction of sp³-hybridized carbons (Fsp3) is 0.345. The van der Waals surface area contributed by atoms with E-state index in [4.69, 9.17) is 23.7 Å². The molecule has 0 spiro atoms. The van der Waals surface area contributed by atoms with Gasteiger partial charge in [-0.1, -0.05) is 17.4 Å². The Morgan fingerprint density at radius 3 is 2.38 bits per heavy atom. The third kappa shape index (κ3) is 5.56. The van der Waals surface area contributed by atoms with Crippen LogP contribution in [0.2, 0.25) is 0 Å². The first-order chi connectivity index (χ1) is 18.9. The number of methoxy groups -OCH3 is 2. The summed E-state index contributed by atoms with van der Waals surface area (Å²) in [6.45, 7) is 8.35. The first-order valence-corrected chi connectivity index (χ1v) is 13.5. The van der Waals surface area contributed by atoms with E-state index in [1.165, 1.54) is 15.9 Å². The number of ether oxygens (including phenoxy) is 5. The van der Waals surface area contributed by atoms with Crippen LogP contribution in [0, 0.1) is 0 Å². The zero-order valence-electron chi connectivity index (χ0n) is 22.9. The van der Waals surface area contributed by atoms with Crippen molar-refractivity contribution in [3.8, 4) is 23.0 Å². The number of rotatable bonds is 10. The average Bonchev–Trinajstić information content (AvgIpc) is 3.23. The number of aromatic nitrogens is 1. The molecule has 206 valence electrons.